The summed E-state index contributed by atoms with van der Waals surface area (Å²) in [6.07, 6.45) is -3.37. The average Bonchev–Trinajstić information content (AvgIpc) is 2.73. The van der Waals surface area contributed by atoms with Crippen LogP contribution in [0.1, 0.15) is 45.7 Å². The molecule has 1 unspecified atom stereocenters. The molecule has 1 atom stereocenters. The van der Waals surface area contributed by atoms with E-state index in [1.807, 2.05) is 0 Å². The summed E-state index contributed by atoms with van der Waals surface area (Å²) < 4.78 is 58.0. The molecule has 1 aromatic carbocycles. The number of esters is 1. The predicted molar refractivity (Wildman–Crippen MR) is 108 cm³/mol. The summed E-state index contributed by atoms with van der Waals surface area (Å²) in [6, 6.07) is 5.58. The second kappa shape index (κ2) is 9.30. The summed E-state index contributed by atoms with van der Waals surface area (Å²) in [5, 5.41) is 0.853. The van der Waals surface area contributed by atoms with Crippen LogP contribution in [0.4, 0.5) is 17.6 Å². The molecule has 0 fully saturated rings. The molecule has 166 valence electrons. The van der Waals surface area contributed by atoms with Crippen molar-refractivity contribution in [3.63, 3.8) is 0 Å². The van der Waals surface area contributed by atoms with Crippen molar-refractivity contribution < 1.29 is 31.9 Å². The summed E-state index contributed by atoms with van der Waals surface area (Å²) in [6.45, 7) is 0.252. The van der Waals surface area contributed by atoms with E-state index in [-0.39, 0.29) is 36.8 Å². The molecule has 3 rings (SSSR count). The fourth-order valence-electron chi connectivity index (χ4n) is 3.54. The molecule has 10 heteroatoms. The maximum Gasteiger partial charge on any atom is 0.434 e. The van der Waals surface area contributed by atoms with Crippen LogP contribution >= 0.6 is 9.24 Å². The van der Waals surface area contributed by atoms with E-state index in [9.17, 15) is 27.2 Å². The molecule has 0 N–H and O–H groups in total. The molecule has 0 spiro atoms. The number of aromatic nitrogens is 1. The van der Waals surface area contributed by atoms with E-state index < -0.39 is 23.4 Å². The number of carbonyl (C=O) groups excluding carboxylic acids is 2. The highest BCUT2D eigenvalue weighted by atomic mass is 31.0. The van der Waals surface area contributed by atoms with Crippen molar-refractivity contribution in [3.05, 3.63) is 58.2 Å². The van der Waals surface area contributed by atoms with Crippen LogP contribution in [0.5, 0.6) is 0 Å². The van der Waals surface area contributed by atoms with E-state index in [0.29, 0.717) is 24.9 Å². The molecular formula is C21H21F4N2O3P. The number of hydrogen-bond donors (Lipinski definition) is 0. The number of rotatable bonds is 5. The van der Waals surface area contributed by atoms with E-state index in [0.717, 1.165) is 24.0 Å². The molecule has 0 aliphatic carbocycles. The van der Waals surface area contributed by atoms with Gasteiger partial charge in [0.1, 0.15) is 5.82 Å². The number of amides is 1. The van der Waals surface area contributed by atoms with E-state index in [4.69, 9.17) is 0 Å². The third-order valence-electron chi connectivity index (χ3n) is 5.15. The minimum atomic E-state index is -4.83. The number of halogens is 4. The zero-order chi connectivity index (χ0) is 22.8. The van der Waals surface area contributed by atoms with Gasteiger partial charge < -0.3 is 9.64 Å². The Morgan fingerprint density at radius 2 is 2.00 bits per heavy atom. The Morgan fingerprint density at radius 1 is 1.26 bits per heavy atom. The molecule has 1 aliphatic heterocycles. The third kappa shape index (κ3) is 5.39. The third-order valence-corrected chi connectivity index (χ3v) is 5.71. The molecule has 5 nitrogen and oxygen atoms in total. The van der Waals surface area contributed by atoms with Gasteiger partial charge in [0.2, 0.25) is 5.91 Å². The van der Waals surface area contributed by atoms with Crippen LogP contribution in [0, 0.1) is 5.82 Å². The maximum atomic E-state index is 13.4. The van der Waals surface area contributed by atoms with Crippen LogP contribution in [0.25, 0.3) is 0 Å². The first-order chi connectivity index (χ1) is 14.6. The number of alkyl halides is 3. The topological polar surface area (TPSA) is 59.5 Å². The lowest BCUT2D eigenvalue weighted by Gasteiger charge is -2.29. The van der Waals surface area contributed by atoms with Crippen molar-refractivity contribution in [1.82, 2.24) is 9.88 Å². The standard InChI is InChI=1S/C21H21F4N2O3P/c1-30-20(29)15-10-12-7-8-27(11-16(12)26-19(15)21(23,24)25)18(28)4-2-3-13-9-14(22)5-6-17(13)31/h5-6,9-10H,2-4,7-8,11,31H2,1H3. The van der Waals surface area contributed by atoms with Gasteiger partial charge in [-0.3, -0.25) is 4.79 Å². The van der Waals surface area contributed by atoms with E-state index in [1.165, 1.54) is 17.0 Å². The number of fused-ring (bicyclic) bond motifs is 1. The van der Waals surface area contributed by atoms with Gasteiger partial charge in [-0.2, -0.15) is 13.2 Å². The number of hydrogen-bond acceptors (Lipinski definition) is 4. The van der Waals surface area contributed by atoms with E-state index in [2.05, 4.69) is 19.0 Å². The molecule has 0 radical (unpaired) electrons. The fraction of sp³-hybridized carbons (Fsp3) is 0.381. The first-order valence-electron chi connectivity index (χ1n) is 9.60. The van der Waals surface area contributed by atoms with Crippen LogP contribution in [0.3, 0.4) is 0 Å². The molecule has 1 amide bonds. The second-order valence-corrected chi connectivity index (χ2v) is 7.86. The largest absolute Gasteiger partial charge is 0.465 e. The van der Waals surface area contributed by atoms with Gasteiger partial charge in [-0.05, 0) is 53.9 Å². The van der Waals surface area contributed by atoms with Gasteiger partial charge in [0.15, 0.2) is 5.69 Å². The lowest BCUT2D eigenvalue weighted by molar-refractivity contribution is -0.141. The van der Waals surface area contributed by atoms with Crippen molar-refractivity contribution in [3.8, 4) is 0 Å². The zero-order valence-electron chi connectivity index (χ0n) is 16.8. The van der Waals surface area contributed by atoms with E-state index >= 15 is 0 Å². The first-order valence-corrected chi connectivity index (χ1v) is 10.2. The Morgan fingerprint density at radius 3 is 2.68 bits per heavy atom. The Kier molecular flexibility index (Phi) is 6.94. The molecular weight excluding hydrogens is 435 g/mol. The molecule has 0 saturated heterocycles. The summed E-state index contributed by atoms with van der Waals surface area (Å²) in [7, 11) is 3.53. The van der Waals surface area contributed by atoms with Crippen LogP contribution in [-0.4, -0.2) is 35.4 Å². The van der Waals surface area contributed by atoms with Gasteiger partial charge in [-0.15, -0.1) is 9.24 Å². The van der Waals surface area contributed by atoms with Crippen molar-refractivity contribution in [1.29, 1.82) is 0 Å². The SMILES string of the molecule is COC(=O)c1cc2c(nc1C(F)(F)F)CN(C(=O)CCCc1cc(F)ccc1P)CC2. The molecule has 1 aromatic heterocycles. The monoisotopic (exact) mass is 456 g/mol. The maximum absolute atomic E-state index is 13.4. The Bertz CT molecular complexity index is 1010. The number of ether oxygens (including phenoxy) is 1. The van der Waals surface area contributed by atoms with Crippen molar-refractivity contribution in [2.75, 3.05) is 13.7 Å². The minimum absolute atomic E-state index is 0.0620. The van der Waals surface area contributed by atoms with Gasteiger partial charge >= 0.3 is 12.1 Å². The highest BCUT2D eigenvalue weighted by Crippen LogP contribution is 2.33. The van der Waals surface area contributed by atoms with Gasteiger partial charge in [0.25, 0.3) is 0 Å². The smallest absolute Gasteiger partial charge is 0.434 e. The molecule has 31 heavy (non-hydrogen) atoms. The molecule has 2 aromatic rings. The highest BCUT2D eigenvalue weighted by Gasteiger charge is 2.39. The molecule has 2 heterocycles. The van der Waals surface area contributed by atoms with Crippen molar-refractivity contribution in [2.24, 2.45) is 0 Å². The summed E-state index contributed by atoms with van der Waals surface area (Å²) in [4.78, 5) is 29.5. The minimum Gasteiger partial charge on any atom is -0.465 e. The van der Waals surface area contributed by atoms with Crippen LogP contribution < -0.4 is 5.30 Å². The van der Waals surface area contributed by atoms with Crippen LogP contribution in [0.15, 0.2) is 24.3 Å². The quantitative estimate of drug-likeness (QED) is 0.393. The summed E-state index contributed by atoms with van der Waals surface area (Å²) in [5.41, 5.74) is -0.543. The number of carbonyl (C=O) groups is 2. The number of methoxy groups -OCH3 is 1. The van der Waals surface area contributed by atoms with E-state index in [1.54, 1.807) is 6.07 Å². The Labute approximate surface area is 179 Å². The predicted octanol–water partition coefficient (Wildman–Crippen LogP) is 3.43. The van der Waals surface area contributed by atoms with Crippen LogP contribution in [-0.2, 0) is 35.1 Å². The Hall–Kier alpha value is -2.54. The van der Waals surface area contributed by atoms with Gasteiger partial charge in [0.05, 0.1) is 24.9 Å². The lowest BCUT2D eigenvalue weighted by atomic mass is 10.00. The Balaban J connectivity index is 1.70. The number of benzene rings is 1. The molecule has 1 aliphatic rings. The van der Waals surface area contributed by atoms with Gasteiger partial charge in [-0.25, -0.2) is 14.2 Å². The second-order valence-electron chi connectivity index (χ2n) is 7.24. The van der Waals surface area contributed by atoms with Gasteiger partial charge in [-0.1, -0.05) is 6.07 Å². The van der Waals surface area contributed by atoms with Crippen molar-refractivity contribution >= 4 is 26.4 Å². The highest BCUT2D eigenvalue weighted by molar-refractivity contribution is 7.27. The first kappa shape index (κ1) is 23.1. The number of nitrogens with zero attached hydrogens (tertiary/aromatic N) is 2. The lowest BCUT2D eigenvalue weighted by Crippen LogP contribution is -2.37. The van der Waals surface area contributed by atoms with Crippen molar-refractivity contribution in [2.45, 2.75) is 38.4 Å². The fourth-order valence-corrected chi connectivity index (χ4v) is 3.86. The normalized spacial score (nSPS) is 13.7. The summed E-state index contributed by atoms with van der Waals surface area (Å²) >= 11 is 0. The molecule has 0 saturated carbocycles. The zero-order valence-corrected chi connectivity index (χ0v) is 17.9. The summed E-state index contributed by atoms with van der Waals surface area (Å²) in [5.74, 6) is -1.66. The molecule has 0 bridgehead atoms. The number of aryl methyl sites for hydroxylation is 1. The van der Waals surface area contributed by atoms with Gasteiger partial charge in [0, 0.05) is 13.0 Å². The van der Waals surface area contributed by atoms with Crippen LogP contribution in [0.2, 0.25) is 0 Å². The average molecular weight is 456 g/mol. The number of pyridine rings is 1.